The summed E-state index contributed by atoms with van der Waals surface area (Å²) in [7, 11) is 0. The first-order valence-corrected chi connectivity index (χ1v) is 9.47. The fraction of sp³-hybridized carbons (Fsp3) is 0.429. The molecule has 136 valence electrons. The molecular weight excluding hydrogens is 324 g/mol. The number of benzene rings is 1. The molecular formula is C21H26N4O. The normalized spacial score (nSPS) is 22.5. The van der Waals surface area contributed by atoms with E-state index < -0.39 is 0 Å². The molecule has 5 heteroatoms. The van der Waals surface area contributed by atoms with Crippen molar-refractivity contribution in [2.75, 3.05) is 31.5 Å². The molecule has 4 rings (SSSR count). The number of nitrogens with one attached hydrogen (secondary N) is 2. The first-order valence-electron chi connectivity index (χ1n) is 9.47. The predicted molar refractivity (Wildman–Crippen MR) is 103 cm³/mol. The van der Waals surface area contributed by atoms with E-state index >= 15 is 0 Å². The van der Waals surface area contributed by atoms with E-state index in [1.165, 1.54) is 18.4 Å². The van der Waals surface area contributed by atoms with Crippen LogP contribution >= 0.6 is 0 Å². The van der Waals surface area contributed by atoms with Crippen LogP contribution in [0.15, 0.2) is 48.8 Å². The van der Waals surface area contributed by atoms with Gasteiger partial charge in [0.1, 0.15) is 0 Å². The third kappa shape index (κ3) is 3.73. The van der Waals surface area contributed by atoms with Crippen molar-refractivity contribution >= 4 is 11.6 Å². The minimum absolute atomic E-state index is 0.164. The quantitative estimate of drug-likeness (QED) is 0.890. The summed E-state index contributed by atoms with van der Waals surface area (Å²) in [5.74, 6) is 0.164. The highest BCUT2D eigenvalue weighted by atomic mass is 16.2. The summed E-state index contributed by atoms with van der Waals surface area (Å²) < 4.78 is 0. The Morgan fingerprint density at radius 3 is 2.69 bits per heavy atom. The molecule has 5 nitrogen and oxygen atoms in total. The Morgan fingerprint density at radius 1 is 1.15 bits per heavy atom. The Balaban J connectivity index is 1.37. The summed E-state index contributed by atoms with van der Waals surface area (Å²) in [4.78, 5) is 19.0. The maximum Gasteiger partial charge on any atom is 0.253 e. The van der Waals surface area contributed by atoms with E-state index in [0.717, 1.165) is 50.4 Å². The van der Waals surface area contributed by atoms with Crippen molar-refractivity contribution in [3.05, 3.63) is 59.9 Å². The summed E-state index contributed by atoms with van der Waals surface area (Å²) in [6, 6.07) is 11.8. The van der Waals surface area contributed by atoms with Crippen LogP contribution in [0.2, 0.25) is 0 Å². The van der Waals surface area contributed by atoms with E-state index in [-0.39, 0.29) is 5.91 Å². The van der Waals surface area contributed by atoms with Crippen LogP contribution in [0, 0.1) is 5.41 Å². The van der Waals surface area contributed by atoms with Gasteiger partial charge >= 0.3 is 0 Å². The molecule has 1 unspecified atom stereocenters. The number of amides is 1. The topological polar surface area (TPSA) is 57.3 Å². The fourth-order valence-electron chi connectivity index (χ4n) is 4.14. The van der Waals surface area contributed by atoms with Gasteiger partial charge in [0.25, 0.3) is 5.91 Å². The Hall–Kier alpha value is -2.40. The van der Waals surface area contributed by atoms with Crippen molar-refractivity contribution in [1.82, 2.24) is 15.2 Å². The molecule has 1 aromatic carbocycles. The van der Waals surface area contributed by atoms with Gasteiger partial charge in [0.2, 0.25) is 0 Å². The number of pyridine rings is 1. The predicted octanol–water partition coefficient (Wildman–Crippen LogP) is 2.91. The third-order valence-electron chi connectivity index (χ3n) is 5.66. The number of carbonyl (C=O) groups is 1. The number of piperidine rings is 1. The van der Waals surface area contributed by atoms with Crippen molar-refractivity contribution in [1.29, 1.82) is 0 Å². The van der Waals surface area contributed by atoms with E-state index in [0.29, 0.717) is 5.41 Å². The smallest absolute Gasteiger partial charge is 0.253 e. The maximum absolute atomic E-state index is 12.9. The zero-order valence-electron chi connectivity index (χ0n) is 15.1. The summed E-state index contributed by atoms with van der Waals surface area (Å²) >= 11 is 0. The van der Waals surface area contributed by atoms with Gasteiger partial charge in [0.15, 0.2) is 0 Å². The Kier molecular flexibility index (Phi) is 4.89. The zero-order chi connectivity index (χ0) is 17.8. The number of aromatic nitrogens is 1. The molecule has 0 radical (unpaired) electrons. The van der Waals surface area contributed by atoms with Crippen molar-refractivity contribution in [2.45, 2.75) is 25.8 Å². The summed E-state index contributed by atoms with van der Waals surface area (Å²) in [6.07, 6.45) is 7.13. The first kappa shape index (κ1) is 17.0. The van der Waals surface area contributed by atoms with Crippen molar-refractivity contribution < 1.29 is 4.79 Å². The van der Waals surface area contributed by atoms with Gasteiger partial charge in [0, 0.05) is 55.2 Å². The molecule has 3 heterocycles. The first-order chi connectivity index (χ1) is 12.7. The molecule has 2 saturated heterocycles. The summed E-state index contributed by atoms with van der Waals surface area (Å²) in [5, 5.41) is 6.85. The minimum atomic E-state index is 0.164. The number of hydrogen-bond acceptors (Lipinski definition) is 4. The fourth-order valence-corrected chi connectivity index (χ4v) is 4.14. The number of rotatable bonds is 4. The average molecular weight is 350 g/mol. The lowest BCUT2D eigenvalue weighted by Gasteiger charge is -2.40. The van der Waals surface area contributed by atoms with E-state index in [1.807, 2.05) is 36.4 Å². The molecule has 0 aliphatic carbocycles. The highest BCUT2D eigenvalue weighted by molar-refractivity contribution is 5.94. The molecule has 2 fully saturated rings. The van der Waals surface area contributed by atoms with Crippen molar-refractivity contribution in [3.8, 4) is 0 Å². The van der Waals surface area contributed by atoms with Crippen LogP contribution in [-0.4, -0.2) is 42.0 Å². The molecule has 1 spiro atoms. The van der Waals surface area contributed by atoms with Crippen molar-refractivity contribution in [3.63, 3.8) is 0 Å². The largest absolute Gasteiger partial charge is 0.381 e. The molecule has 2 aliphatic heterocycles. The standard InChI is InChI=1S/C21H26N4O/c26-20(25-13-1-8-21(16-25)9-12-23-15-21)18-2-4-19(5-3-18)24-14-17-6-10-22-11-7-17/h2-7,10-11,23-24H,1,8-9,12-16H2. The summed E-state index contributed by atoms with van der Waals surface area (Å²) in [6.45, 7) is 4.65. The minimum Gasteiger partial charge on any atom is -0.381 e. The van der Waals surface area contributed by atoms with Gasteiger partial charge in [-0.1, -0.05) is 0 Å². The van der Waals surface area contributed by atoms with Crippen molar-refractivity contribution in [2.24, 2.45) is 5.41 Å². The number of hydrogen-bond donors (Lipinski definition) is 2. The molecule has 2 aliphatic rings. The SMILES string of the molecule is O=C(c1ccc(NCc2ccncc2)cc1)N1CCCC2(CCNC2)C1. The molecule has 1 aromatic heterocycles. The van der Waals surface area contributed by atoms with Crippen LogP contribution in [0.5, 0.6) is 0 Å². The Labute approximate surface area is 154 Å². The second-order valence-electron chi connectivity index (χ2n) is 7.54. The lowest BCUT2D eigenvalue weighted by molar-refractivity contribution is 0.0553. The van der Waals surface area contributed by atoms with Gasteiger partial charge in [-0.05, 0) is 67.8 Å². The van der Waals surface area contributed by atoms with Gasteiger partial charge in [-0.3, -0.25) is 9.78 Å². The molecule has 0 bridgehead atoms. The highest BCUT2D eigenvalue weighted by Crippen LogP contribution is 2.36. The van der Waals surface area contributed by atoms with Crippen LogP contribution in [0.1, 0.15) is 35.2 Å². The summed E-state index contributed by atoms with van der Waals surface area (Å²) in [5.41, 5.74) is 3.29. The Bertz CT molecular complexity index is 738. The average Bonchev–Trinajstić information content (AvgIpc) is 3.14. The van der Waals surface area contributed by atoms with E-state index in [9.17, 15) is 4.79 Å². The molecule has 0 saturated carbocycles. The molecule has 2 N–H and O–H groups in total. The van der Waals surface area contributed by atoms with Crippen LogP contribution in [0.3, 0.4) is 0 Å². The van der Waals surface area contributed by atoms with Gasteiger partial charge in [-0.2, -0.15) is 0 Å². The lowest BCUT2D eigenvalue weighted by Crippen LogP contribution is -2.47. The Morgan fingerprint density at radius 2 is 1.96 bits per heavy atom. The highest BCUT2D eigenvalue weighted by Gasteiger charge is 2.39. The van der Waals surface area contributed by atoms with Crippen LogP contribution in [0.25, 0.3) is 0 Å². The van der Waals surface area contributed by atoms with Crippen LogP contribution < -0.4 is 10.6 Å². The number of nitrogens with zero attached hydrogens (tertiary/aromatic N) is 2. The second kappa shape index (κ2) is 7.46. The van der Waals surface area contributed by atoms with Gasteiger partial charge in [0.05, 0.1) is 0 Å². The third-order valence-corrected chi connectivity index (χ3v) is 5.66. The van der Waals surface area contributed by atoms with Gasteiger partial charge in [-0.25, -0.2) is 0 Å². The van der Waals surface area contributed by atoms with E-state index in [1.54, 1.807) is 12.4 Å². The van der Waals surface area contributed by atoms with Crippen LogP contribution in [-0.2, 0) is 6.54 Å². The van der Waals surface area contributed by atoms with E-state index in [2.05, 4.69) is 20.5 Å². The molecule has 2 aromatic rings. The molecule has 1 amide bonds. The number of anilines is 1. The van der Waals surface area contributed by atoms with Crippen LogP contribution in [0.4, 0.5) is 5.69 Å². The van der Waals surface area contributed by atoms with Gasteiger partial charge in [-0.15, -0.1) is 0 Å². The maximum atomic E-state index is 12.9. The lowest BCUT2D eigenvalue weighted by atomic mass is 9.79. The van der Waals surface area contributed by atoms with Gasteiger partial charge < -0.3 is 15.5 Å². The monoisotopic (exact) mass is 350 g/mol. The number of likely N-dealkylation sites (tertiary alicyclic amines) is 1. The van der Waals surface area contributed by atoms with E-state index in [4.69, 9.17) is 0 Å². The second-order valence-corrected chi connectivity index (χ2v) is 7.54. The molecule has 26 heavy (non-hydrogen) atoms. The number of carbonyl (C=O) groups excluding carboxylic acids is 1. The zero-order valence-corrected chi connectivity index (χ0v) is 15.1. The molecule has 1 atom stereocenters.